The molecule has 0 aliphatic carbocycles. The molecule has 5 N–H and O–H groups in total. The summed E-state index contributed by atoms with van der Waals surface area (Å²) in [6.45, 7) is 0.520. The van der Waals surface area contributed by atoms with E-state index in [-0.39, 0.29) is 5.91 Å². The number of benzene rings is 2. The molecule has 0 bridgehead atoms. The highest BCUT2D eigenvalue weighted by Crippen LogP contribution is 2.19. The van der Waals surface area contributed by atoms with Crippen molar-refractivity contribution in [2.24, 2.45) is 5.73 Å². The first-order chi connectivity index (χ1) is 12.1. The van der Waals surface area contributed by atoms with Crippen molar-refractivity contribution >= 4 is 11.9 Å². The molecule has 0 fully saturated rings. The first-order valence-corrected chi connectivity index (χ1v) is 8.26. The Kier molecular flexibility index (Phi) is 7.13. The number of carboxylic acid groups (broad SMARTS) is 1. The number of hydrazine groups is 1. The van der Waals surface area contributed by atoms with Crippen LogP contribution in [-0.4, -0.2) is 29.6 Å². The van der Waals surface area contributed by atoms with Gasteiger partial charge in [0.2, 0.25) is 0 Å². The Balaban J connectivity index is 1.92. The summed E-state index contributed by atoms with van der Waals surface area (Å²) < 4.78 is 0. The molecule has 1 atom stereocenters. The summed E-state index contributed by atoms with van der Waals surface area (Å²) in [7, 11) is 0. The van der Waals surface area contributed by atoms with Gasteiger partial charge in [-0.25, -0.2) is 5.43 Å². The van der Waals surface area contributed by atoms with Gasteiger partial charge in [0.25, 0.3) is 5.91 Å². The van der Waals surface area contributed by atoms with E-state index in [4.69, 9.17) is 5.73 Å². The first kappa shape index (κ1) is 18.6. The molecule has 0 unspecified atom stereocenters. The molecule has 0 aromatic heterocycles. The Labute approximate surface area is 147 Å². The van der Waals surface area contributed by atoms with Crippen molar-refractivity contribution in [3.8, 4) is 11.1 Å². The lowest BCUT2D eigenvalue weighted by molar-refractivity contribution is -0.139. The van der Waals surface area contributed by atoms with Crippen LogP contribution < -0.4 is 16.6 Å². The Morgan fingerprint density at radius 1 is 0.960 bits per heavy atom. The van der Waals surface area contributed by atoms with Crippen molar-refractivity contribution in [2.45, 2.75) is 25.3 Å². The summed E-state index contributed by atoms with van der Waals surface area (Å²) in [6, 6.07) is 16.2. The van der Waals surface area contributed by atoms with Crippen LogP contribution in [0.5, 0.6) is 0 Å². The Bertz CT molecular complexity index is 687. The average Bonchev–Trinajstić information content (AvgIpc) is 2.65. The van der Waals surface area contributed by atoms with E-state index in [1.54, 1.807) is 12.1 Å². The number of amides is 1. The minimum absolute atomic E-state index is 0.371. The van der Waals surface area contributed by atoms with Crippen molar-refractivity contribution in [1.82, 2.24) is 10.9 Å². The summed E-state index contributed by atoms with van der Waals surface area (Å²) >= 11 is 0. The van der Waals surface area contributed by atoms with E-state index in [2.05, 4.69) is 10.9 Å². The molecule has 0 heterocycles. The van der Waals surface area contributed by atoms with Crippen LogP contribution in [0, 0.1) is 0 Å². The highest BCUT2D eigenvalue weighted by Gasteiger charge is 2.17. The van der Waals surface area contributed by atoms with Crippen LogP contribution in [0.1, 0.15) is 29.6 Å². The molecule has 1 amide bonds. The highest BCUT2D eigenvalue weighted by molar-refractivity contribution is 5.94. The van der Waals surface area contributed by atoms with Crippen LogP contribution in [0.15, 0.2) is 54.6 Å². The topological polar surface area (TPSA) is 104 Å². The summed E-state index contributed by atoms with van der Waals surface area (Å²) in [5, 5.41) is 9.17. The lowest BCUT2D eigenvalue weighted by atomic mass is 10.0. The molecule has 6 heteroatoms. The van der Waals surface area contributed by atoms with E-state index < -0.39 is 12.0 Å². The zero-order chi connectivity index (χ0) is 18.1. The molecule has 0 saturated heterocycles. The molecule has 2 aromatic rings. The predicted octanol–water partition coefficient (Wildman–Crippen LogP) is 2.17. The Hall–Kier alpha value is -2.70. The summed E-state index contributed by atoms with van der Waals surface area (Å²) in [5.41, 5.74) is 13.0. The van der Waals surface area contributed by atoms with Crippen LogP contribution >= 0.6 is 0 Å². The normalized spacial score (nSPS) is 11.7. The summed E-state index contributed by atoms with van der Waals surface area (Å²) in [5.74, 6) is -1.37. The fourth-order valence-electron chi connectivity index (χ4n) is 2.42. The third-order valence-electron chi connectivity index (χ3n) is 3.86. The number of unbranched alkanes of at least 4 members (excludes halogenated alkanes) is 1. The van der Waals surface area contributed by atoms with Gasteiger partial charge in [0.05, 0.1) is 0 Å². The first-order valence-electron chi connectivity index (χ1n) is 8.26. The number of carbonyl (C=O) groups is 2. The number of hydrogen-bond donors (Lipinski definition) is 4. The minimum atomic E-state index is -1.00. The van der Waals surface area contributed by atoms with Gasteiger partial charge in [0.15, 0.2) is 0 Å². The maximum atomic E-state index is 12.2. The van der Waals surface area contributed by atoms with Gasteiger partial charge in [-0.3, -0.25) is 15.0 Å². The van der Waals surface area contributed by atoms with Gasteiger partial charge in [0, 0.05) is 5.56 Å². The van der Waals surface area contributed by atoms with Gasteiger partial charge in [0.1, 0.15) is 6.04 Å². The van der Waals surface area contributed by atoms with E-state index >= 15 is 0 Å². The number of nitrogens with one attached hydrogen (secondary N) is 2. The highest BCUT2D eigenvalue weighted by atomic mass is 16.4. The van der Waals surface area contributed by atoms with Gasteiger partial charge in [-0.1, -0.05) is 42.5 Å². The fraction of sp³-hybridized carbons (Fsp3) is 0.263. The molecular weight excluding hydrogens is 318 g/mol. The Morgan fingerprint density at radius 2 is 1.60 bits per heavy atom. The second kappa shape index (κ2) is 9.56. The van der Waals surface area contributed by atoms with Gasteiger partial charge in [-0.15, -0.1) is 0 Å². The molecule has 0 radical (unpaired) electrons. The van der Waals surface area contributed by atoms with Gasteiger partial charge >= 0.3 is 5.97 Å². The van der Waals surface area contributed by atoms with E-state index in [0.29, 0.717) is 24.9 Å². The van der Waals surface area contributed by atoms with Gasteiger partial charge in [-0.05, 0) is 49.1 Å². The van der Waals surface area contributed by atoms with Crippen LogP contribution in [0.2, 0.25) is 0 Å². The van der Waals surface area contributed by atoms with E-state index in [1.165, 1.54) is 0 Å². The second-order valence-corrected chi connectivity index (χ2v) is 5.72. The predicted molar refractivity (Wildman–Crippen MR) is 96.8 cm³/mol. The lowest BCUT2D eigenvalue weighted by Crippen LogP contribution is -2.48. The number of rotatable bonds is 9. The molecule has 0 spiro atoms. The largest absolute Gasteiger partial charge is 0.480 e. The van der Waals surface area contributed by atoms with Crippen LogP contribution in [0.4, 0.5) is 0 Å². The number of nitrogens with two attached hydrogens (primary N) is 1. The Morgan fingerprint density at radius 3 is 2.20 bits per heavy atom. The maximum absolute atomic E-state index is 12.2. The summed E-state index contributed by atoms with van der Waals surface area (Å²) in [4.78, 5) is 23.4. The number of aliphatic carboxylic acids is 1. The van der Waals surface area contributed by atoms with Crippen LogP contribution in [0.3, 0.4) is 0 Å². The zero-order valence-electron chi connectivity index (χ0n) is 13.9. The molecule has 6 nitrogen and oxygen atoms in total. The quantitative estimate of drug-likeness (QED) is 0.413. The monoisotopic (exact) mass is 341 g/mol. The minimum Gasteiger partial charge on any atom is -0.480 e. The lowest BCUT2D eigenvalue weighted by Gasteiger charge is -2.15. The number of carboxylic acids is 1. The molecule has 0 aliphatic heterocycles. The van der Waals surface area contributed by atoms with Crippen molar-refractivity contribution in [3.05, 3.63) is 60.2 Å². The zero-order valence-corrected chi connectivity index (χ0v) is 13.9. The number of hydrogen-bond acceptors (Lipinski definition) is 4. The second-order valence-electron chi connectivity index (χ2n) is 5.72. The van der Waals surface area contributed by atoms with Gasteiger partial charge in [-0.2, -0.15) is 0 Å². The SMILES string of the molecule is NCCCC[C@H](NNC(=O)c1ccc(-c2ccccc2)cc1)C(=O)O. The maximum Gasteiger partial charge on any atom is 0.322 e. The molecule has 0 aliphatic rings. The van der Waals surface area contributed by atoms with Crippen molar-refractivity contribution in [2.75, 3.05) is 6.54 Å². The molecule has 25 heavy (non-hydrogen) atoms. The number of carbonyl (C=O) groups excluding carboxylic acids is 1. The van der Waals surface area contributed by atoms with E-state index in [1.807, 2.05) is 42.5 Å². The summed E-state index contributed by atoms with van der Waals surface area (Å²) in [6.07, 6.45) is 1.84. The van der Waals surface area contributed by atoms with E-state index in [9.17, 15) is 14.7 Å². The fourth-order valence-corrected chi connectivity index (χ4v) is 2.42. The molecule has 132 valence electrons. The van der Waals surface area contributed by atoms with Gasteiger partial charge < -0.3 is 10.8 Å². The third-order valence-corrected chi connectivity index (χ3v) is 3.86. The molecule has 2 rings (SSSR count). The van der Waals surface area contributed by atoms with Crippen molar-refractivity contribution in [3.63, 3.8) is 0 Å². The van der Waals surface area contributed by atoms with Crippen LogP contribution in [-0.2, 0) is 4.79 Å². The third kappa shape index (κ3) is 5.70. The smallest absolute Gasteiger partial charge is 0.322 e. The molecular formula is C19H23N3O3. The van der Waals surface area contributed by atoms with Crippen molar-refractivity contribution in [1.29, 1.82) is 0 Å². The average molecular weight is 341 g/mol. The van der Waals surface area contributed by atoms with E-state index in [0.717, 1.165) is 17.5 Å². The van der Waals surface area contributed by atoms with Crippen molar-refractivity contribution < 1.29 is 14.7 Å². The standard InChI is InChI=1S/C19H23N3O3/c20-13-5-4-8-17(19(24)25)21-22-18(23)16-11-9-15(10-12-16)14-6-2-1-3-7-14/h1-3,6-7,9-12,17,21H,4-5,8,13,20H2,(H,22,23)(H,24,25)/t17-/m0/s1. The molecule has 2 aromatic carbocycles. The van der Waals surface area contributed by atoms with Crippen LogP contribution in [0.25, 0.3) is 11.1 Å². The molecule has 0 saturated carbocycles.